The fourth-order valence-corrected chi connectivity index (χ4v) is 3.70. The van der Waals surface area contributed by atoms with Crippen LogP contribution in [0.5, 0.6) is 0 Å². The van der Waals surface area contributed by atoms with E-state index in [-0.39, 0.29) is 11.4 Å². The lowest BCUT2D eigenvalue weighted by Crippen LogP contribution is -2.14. The average Bonchev–Trinajstić information content (AvgIpc) is 3.39. The number of ether oxygens (including phenoxy) is 1. The summed E-state index contributed by atoms with van der Waals surface area (Å²) in [7, 11) is 1.46. The second kappa shape index (κ2) is 6.44. The van der Waals surface area contributed by atoms with E-state index in [2.05, 4.69) is 17.4 Å². The molecule has 4 nitrogen and oxygen atoms in total. The van der Waals surface area contributed by atoms with Gasteiger partial charge in [-0.1, -0.05) is 0 Å². The van der Waals surface area contributed by atoms with Crippen molar-refractivity contribution in [2.24, 2.45) is 5.41 Å². The fourth-order valence-electron chi connectivity index (χ4n) is 2.42. The lowest BCUT2D eigenvalue weighted by atomic mass is 10.1. The highest BCUT2D eigenvalue weighted by Gasteiger charge is 2.44. The third kappa shape index (κ3) is 4.51. The Labute approximate surface area is 130 Å². The second-order valence-electron chi connectivity index (χ2n) is 6.27. The van der Waals surface area contributed by atoms with E-state index < -0.39 is 0 Å². The van der Waals surface area contributed by atoms with Crippen molar-refractivity contribution in [1.29, 1.82) is 0 Å². The van der Waals surface area contributed by atoms with Crippen molar-refractivity contribution < 1.29 is 13.9 Å². The molecule has 0 aromatic carbocycles. The molecule has 1 N–H and O–H groups in total. The first-order valence-corrected chi connectivity index (χ1v) is 8.80. The number of methoxy groups -OCH3 is 1. The minimum atomic E-state index is -0.0838. The first-order chi connectivity index (χ1) is 10.2. The zero-order chi connectivity index (χ0) is 14.7. The summed E-state index contributed by atoms with van der Waals surface area (Å²) in [4.78, 5) is 11.4. The molecule has 2 aliphatic rings. The molecule has 21 heavy (non-hydrogen) atoms. The number of nitrogens with one attached hydrogen (secondary N) is 1. The minimum Gasteiger partial charge on any atom is -0.469 e. The van der Waals surface area contributed by atoms with Crippen LogP contribution in [-0.2, 0) is 21.8 Å². The number of furan rings is 1. The molecule has 0 aliphatic heterocycles. The molecule has 2 saturated carbocycles. The Hall–Kier alpha value is -0.940. The number of hydrogen-bond acceptors (Lipinski definition) is 5. The summed E-state index contributed by atoms with van der Waals surface area (Å²) < 4.78 is 10.6. The molecule has 0 amide bonds. The Balaban J connectivity index is 1.37. The van der Waals surface area contributed by atoms with Crippen molar-refractivity contribution in [2.75, 3.05) is 12.9 Å². The van der Waals surface area contributed by atoms with E-state index in [0.717, 1.165) is 42.4 Å². The van der Waals surface area contributed by atoms with Crippen LogP contribution in [0.3, 0.4) is 0 Å². The van der Waals surface area contributed by atoms with Crippen LogP contribution in [0.2, 0.25) is 0 Å². The van der Waals surface area contributed by atoms with Crippen molar-refractivity contribution in [3.8, 4) is 0 Å². The Morgan fingerprint density at radius 2 is 2.19 bits per heavy atom. The zero-order valence-electron chi connectivity index (χ0n) is 12.5. The Morgan fingerprint density at radius 3 is 2.86 bits per heavy atom. The van der Waals surface area contributed by atoms with Crippen LogP contribution in [-0.4, -0.2) is 24.9 Å². The third-order valence-corrected chi connectivity index (χ3v) is 5.52. The van der Waals surface area contributed by atoms with Crippen LogP contribution in [0.15, 0.2) is 16.5 Å². The van der Waals surface area contributed by atoms with Crippen LogP contribution in [0.25, 0.3) is 0 Å². The van der Waals surface area contributed by atoms with Crippen LogP contribution >= 0.6 is 11.8 Å². The normalized spacial score (nSPS) is 19.5. The van der Waals surface area contributed by atoms with Crippen molar-refractivity contribution in [2.45, 2.75) is 50.4 Å². The molecule has 0 atom stereocenters. The van der Waals surface area contributed by atoms with Crippen LogP contribution in [0.4, 0.5) is 0 Å². The van der Waals surface area contributed by atoms with E-state index in [1.165, 1.54) is 20.0 Å². The summed E-state index contributed by atoms with van der Waals surface area (Å²) in [6, 6.07) is 4.84. The Bertz CT molecular complexity index is 491. The fraction of sp³-hybridized carbons (Fsp3) is 0.688. The predicted octanol–water partition coefficient (Wildman–Crippen LogP) is 3.11. The summed E-state index contributed by atoms with van der Waals surface area (Å²) in [6.45, 7) is 0.835. The number of hydrogen-bond donors (Lipinski definition) is 1. The monoisotopic (exact) mass is 309 g/mol. The van der Waals surface area contributed by atoms with Gasteiger partial charge in [0.1, 0.15) is 11.5 Å². The summed E-state index contributed by atoms with van der Waals surface area (Å²) >= 11 is 1.86. The second-order valence-corrected chi connectivity index (χ2v) is 7.25. The Kier molecular flexibility index (Phi) is 4.60. The molecule has 2 fully saturated rings. The first-order valence-electron chi connectivity index (χ1n) is 7.65. The zero-order valence-corrected chi connectivity index (χ0v) is 13.3. The number of esters is 1. The summed E-state index contributed by atoms with van der Waals surface area (Å²) in [5.74, 6) is 3.86. The number of rotatable bonds is 9. The van der Waals surface area contributed by atoms with Gasteiger partial charge in [-0.05, 0) is 49.0 Å². The molecule has 1 aromatic heterocycles. The highest BCUT2D eigenvalue weighted by Crippen LogP contribution is 2.51. The van der Waals surface area contributed by atoms with Crippen LogP contribution in [0.1, 0.15) is 43.6 Å². The maximum Gasteiger partial charge on any atom is 0.306 e. The lowest BCUT2D eigenvalue weighted by molar-refractivity contribution is -0.141. The van der Waals surface area contributed by atoms with Gasteiger partial charge in [-0.15, -0.1) is 0 Å². The van der Waals surface area contributed by atoms with Crippen molar-refractivity contribution in [1.82, 2.24) is 5.32 Å². The van der Waals surface area contributed by atoms with E-state index in [4.69, 9.17) is 9.15 Å². The van der Waals surface area contributed by atoms with E-state index in [1.807, 2.05) is 11.8 Å². The van der Waals surface area contributed by atoms with Gasteiger partial charge >= 0.3 is 5.97 Å². The summed E-state index contributed by atoms with van der Waals surface area (Å²) in [6.07, 6.45) is 5.44. The van der Waals surface area contributed by atoms with Crippen molar-refractivity contribution in [3.05, 3.63) is 23.7 Å². The molecule has 0 saturated heterocycles. The predicted molar refractivity (Wildman–Crippen MR) is 83.0 cm³/mol. The maximum atomic E-state index is 11.4. The molecule has 3 rings (SSSR count). The van der Waals surface area contributed by atoms with Gasteiger partial charge in [-0.2, -0.15) is 11.8 Å². The average molecular weight is 309 g/mol. The van der Waals surface area contributed by atoms with Gasteiger partial charge in [0.05, 0.1) is 25.8 Å². The van der Waals surface area contributed by atoms with Gasteiger partial charge in [0.2, 0.25) is 0 Å². The quantitative estimate of drug-likeness (QED) is 0.710. The largest absolute Gasteiger partial charge is 0.469 e. The third-order valence-electron chi connectivity index (χ3n) is 4.22. The maximum absolute atomic E-state index is 11.4. The van der Waals surface area contributed by atoms with Gasteiger partial charge < -0.3 is 14.5 Å². The topological polar surface area (TPSA) is 51.5 Å². The first kappa shape index (κ1) is 15.0. The Morgan fingerprint density at radius 1 is 1.43 bits per heavy atom. The highest BCUT2D eigenvalue weighted by molar-refractivity contribution is 7.98. The molecule has 0 bridgehead atoms. The van der Waals surface area contributed by atoms with Gasteiger partial charge in [0.15, 0.2) is 0 Å². The van der Waals surface area contributed by atoms with Gasteiger partial charge in [0.25, 0.3) is 0 Å². The van der Waals surface area contributed by atoms with Gasteiger partial charge in [-0.25, -0.2) is 0 Å². The number of thioether (sulfide) groups is 1. The van der Waals surface area contributed by atoms with E-state index in [0.29, 0.717) is 12.5 Å². The molecule has 5 heteroatoms. The van der Waals surface area contributed by atoms with Crippen molar-refractivity contribution >= 4 is 17.7 Å². The SMILES string of the molecule is COC(=O)CC1(CSCc2ccc(CNC3CC3)o2)CC1. The number of carbonyl (C=O) groups is 1. The van der Waals surface area contributed by atoms with E-state index in [9.17, 15) is 4.79 Å². The molecule has 0 radical (unpaired) electrons. The van der Waals surface area contributed by atoms with Gasteiger partial charge in [-0.3, -0.25) is 4.79 Å². The van der Waals surface area contributed by atoms with E-state index in [1.54, 1.807) is 0 Å². The van der Waals surface area contributed by atoms with Crippen LogP contribution < -0.4 is 5.32 Å². The molecular weight excluding hydrogens is 286 g/mol. The van der Waals surface area contributed by atoms with Gasteiger partial charge in [0, 0.05) is 6.04 Å². The molecule has 1 aromatic rings. The summed E-state index contributed by atoms with van der Waals surface area (Å²) in [5, 5.41) is 3.45. The lowest BCUT2D eigenvalue weighted by Gasteiger charge is -2.12. The highest BCUT2D eigenvalue weighted by atomic mass is 32.2. The molecule has 116 valence electrons. The molecule has 0 spiro atoms. The molecule has 1 heterocycles. The standard InChI is InChI=1S/C16H23NO3S/c1-19-15(18)8-16(6-7-16)11-21-10-14-5-4-13(20-14)9-17-12-2-3-12/h4-5,12,17H,2-3,6-11H2,1H3. The minimum absolute atomic E-state index is 0.0838. The molecule has 2 aliphatic carbocycles. The molecular formula is C16H23NO3S. The smallest absolute Gasteiger partial charge is 0.306 e. The van der Waals surface area contributed by atoms with Crippen molar-refractivity contribution in [3.63, 3.8) is 0 Å². The summed E-state index contributed by atoms with van der Waals surface area (Å²) in [5.41, 5.74) is 0.195. The molecule has 0 unspecified atom stereocenters. The number of carbonyl (C=O) groups excluding carboxylic acids is 1. The van der Waals surface area contributed by atoms with Crippen LogP contribution in [0, 0.1) is 5.41 Å². The van der Waals surface area contributed by atoms with E-state index >= 15 is 0 Å².